The monoisotopic (exact) mass is 181 g/mol. The molecule has 11 heavy (non-hydrogen) atoms. The minimum Gasteiger partial charge on any atom is -0.303 e. The molecule has 5 heteroatoms. The largest absolute Gasteiger partial charge is 0.303 e. The van der Waals surface area contributed by atoms with Gasteiger partial charge in [-0.05, 0) is 13.1 Å². The maximum absolute atomic E-state index is 10.3. The Balaban J connectivity index is 3.69. The number of hydrogen-bond donors (Lipinski definition) is 1. The van der Waals surface area contributed by atoms with E-state index < -0.39 is 10.1 Å². The molecule has 0 spiro atoms. The van der Waals surface area contributed by atoms with Gasteiger partial charge in [0.1, 0.15) is 0 Å². The predicted molar refractivity (Wildman–Crippen MR) is 44.2 cm³/mol. The Morgan fingerprint density at radius 3 is 2.00 bits per heavy atom. The van der Waals surface area contributed by atoms with E-state index in [9.17, 15) is 8.42 Å². The Labute approximate surface area is 68.0 Å². The summed E-state index contributed by atoms with van der Waals surface area (Å²) in [5.41, 5.74) is 0. The molecule has 0 aromatic rings. The first-order valence-electron chi connectivity index (χ1n) is 3.67. The molecule has 0 rings (SSSR count). The Morgan fingerprint density at radius 2 is 1.73 bits per heavy atom. The molecule has 0 atom stereocenters. The van der Waals surface area contributed by atoms with Crippen molar-refractivity contribution >= 4 is 10.1 Å². The molecule has 4 nitrogen and oxygen atoms in total. The van der Waals surface area contributed by atoms with Gasteiger partial charge in [-0.1, -0.05) is 13.8 Å². The molecule has 0 aliphatic rings. The molecule has 0 fully saturated rings. The van der Waals surface area contributed by atoms with Crippen LogP contribution in [0.2, 0.25) is 0 Å². The quantitative estimate of drug-likeness (QED) is 0.616. The summed E-state index contributed by atoms with van der Waals surface area (Å²) in [5.74, 6) is -0.172. The van der Waals surface area contributed by atoms with Crippen molar-refractivity contribution in [2.75, 3.05) is 25.4 Å². The molecule has 0 radical (unpaired) electrons. The van der Waals surface area contributed by atoms with E-state index in [1.807, 2.05) is 18.7 Å². The molecular weight excluding hydrogens is 166 g/mol. The summed E-state index contributed by atoms with van der Waals surface area (Å²) in [6, 6.07) is 0. The van der Waals surface area contributed by atoms with E-state index in [0.29, 0.717) is 6.54 Å². The lowest BCUT2D eigenvalue weighted by Gasteiger charge is -2.16. The second-order valence-electron chi connectivity index (χ2n) is 2.31. The minimum atomic E-state index is -3.78. The lowest BCUT2D eigenvalue weighted by atomic mass is 10.5. The van der Waals surface area contributed by atoms with Gasteiger partial charge in [0.05, 0.1) is 5.75 Å². The third kappa shape index (κ3) is 6.28. The smallest absolute Gasteiger partial charge is 0.266 e. The van der Waals surface area contributed by atoms with Crippen LogP contribution in [0.15, 0.2) is 0 Å². The third-order valence-corrected chi connectivity index (χ3v) is 2.26. The fourth-order valence-electron chi connectivity index (χ4n) is 0.784. The summed E-state index contributed by atoms with van der Waals surface area (Å²) >= 11 is 0. The van der Waals surface area contributed by atoms with Crippen LogP contribution in [0, 0.1) is 0 Å². The average Bonchev–Trinajstić information content (AvgIpc) is 1.88. The van der Waals surface area contributed by atoms with Crippen molar-refractivity contribution in [2.24, 2.45) is 0 Å². The van der Waals surface area contributed by atoms with Crippen molar-refractivity contribution in [1.29, 1.82) is 0 Å². The number of rotatable bonds is 5. The van der Waals surface area contributed by atoms with Gasteiger partial charge in [0.2, 0.25) is 0 Å². The first-order valence-corrected chi connectivity index (χ1v) is 5.28. The van der Waals surface area contributed by atoms with Gasteiger partial charge in [0.25, 0.3) is 10.1 Å². The van der Waals surface area contributed by atoms with Crippen LogP contribution in [0.3, 0.4) is 0 Å². The van der Waals surface area contributed by atoms with Crippen molar-refractivity contribution in [3.8, 4) is 0 Å². The summed E-state index contributed by atoms with van der Waals surface area (Å²) in [5, 5.41) is 0. The molecule has 0 bridgehead atoms. The summed E-state index contributed by atoms with van der Waals surface area (Å²) in [7, 11) is -3.78. The van der Waals surface area contributed by atoms with Crippen LogP contribution < -0.4 is 0 Å². The van der Waals surface area contributed by atoms with Crippen LogP contribution in [0.4, 0.5) is 0 Å². The van der Waals surface area contributed by atoms with Crippen LogP contribution in [0.5, 0.6) is 0 Å². The maximum Gasteiger partial charge on any atom is 0.266 e. The van der Waals surface area contributed by atoms with Gasteiger partial charge in [-0.15, -0.1) is 0 Å². The van der Waals surface area contributed by atoms with Gasteiger partial charge in [-0.2, -0.15) is 8.42 Å². The highest BCUT2D eigenvalue weighted by atomic mass is 32.2. The van der Waals surface area contributed by atoms with Gasteiger partial charge in [-0.3, -0.25) is 4.55 Å². The average molecular weight is 181 g/mol. The van der Waals surface area contributed by atoms with Crippen LogP contribution in [-0.2, 0) is 10.1 Å². The van der Waals surface area contributed by atoms with E-state index in [2.05, 4.69) is 0 Å². The molecule has 0 amide bonds. The van der Waals surface area contributed by atoms with E-state index >= 15 is 0 Å². The molecular formula is C6H15NO3S. The Morgan fingerprint density at radius 1 is 1.27 bits per heavy atom. The first-order chi connectivity index (χ1) is 4.99. The molecule has 68 valence electrons. The topological polar surface area (TPSA) is 57.6 Å². The van der Waals surface area contributed by atoms with E-state index in [0.717, 1.165) is 13.1 Å². The van der Waals surface area contributed by atoms with Crippen LogP contribution in [-0.4, -0.2) is 43.3 Å². The Bertz CT molecular complexity index is 184. The van der Waals surface area contributed by atoms with Crippen molar-refractivity contribution < 1.29 is 13.0 Å². The zero-order valence-electron chi connectivity index (χ0n) is 6.95. The Hall–Kier alpha value is -0.130. The number of nitrogens with zero attached hydrogens (tertiary/aromatic N) is 1. The standard InChI is InChI=1S/C6H15NO3S/c1-3-7(4-2)5-6-11(8,9)10/h3-6H2,1-2H3,(H,8,9,10). The molecule has 0 unspecified atom stereocenters. The van der Waals surface area contributed by atoms with Crippen molar-refractivity contribution in [2.45, 2.75) is 13.8 Å². The van der Waals surface area contributed by atoms with Crippen LogP contribution in [0.25, 0.3) is 0 Å². The van der Waals surface area contributed by atoms with Crippen LogP contribution >= 0.6 is 0 Å². The molecule has 0 saturated heterocycles. The summed E-state index contributed by atoms with van der Waals surface area (Å²) in [4.78, 5) is 1.94. The molecule has 0 aliphatic heterocycles. The van der Waals surface area contributed by atoms with E-state index in [-0.39, 0.29) is 5.75 Å². The second kappa shape index (κ2) is 4.69. The van der Waals surface area contributed by atoms with Gasteiger partial charge >= 0.3 is 0 Å². The molecule has 0 aliphatic carbocycles. The first kappa shape index (κ1) is 10.9. The maximum atomic E-state index is 10.3. The fraction of sp³-hybridized carbons (Fsp3) is 1.00. The van der Waals surface area contributed by atoms with Crippen LogP contribution in [0.1, 0.15) is 13.8 Å². The lowest BCUT2D eigenvalue weighted by molar-refractivity contribution is 0.318. The predicted octanol–water partition coefficient (Wildman–Crippen LogP) is 0.216. The van der Waals surface area contributed by atoms with Gasteiger partial charge in [-0.25, -0.2) is 0 Å². The molecule has 0 heterocycles. The SMILES string of the molecule is CCN(CC)CCS(=O)(=O)O. The normalized spacial score (nSPS) is 12.4. The Kier molecular flexibility index (Phi) is 4.63. The second-order valence-corrected chi connectivity index (χ2v) is 3.88. The summed E-state index contributed by atoms with van der Waals surface area (Å²) in [6.07, 6.45) is 0. The van der Waals surface area contributed by atoms with Gasteiger partial charge < -0.3 is 4.90 Å². The van der Waals surface area contributed by atoms with Crippen molar-refractivity contribution in [3.63, 3.8) is 0 Å². The van der Waals surface area contributed by atoms with Gasteiger partial charge in [0, 0.05) is 6.54 Å². The minimum absolute atomic E-state index is 0.172. The summed E-state index contributed by atoms with van der Waals surface area (Å²) < 4.78 is 29.0. The van der Waals surface area contributed by atoms with E-state index in [1.54, 1.807) is 0 Å². The molecule has 1 N–H and O–H groups in total. The molecule has 0 aromatic carbocycles. The number of hydrogen-bond acceptors (Lipinski definition) is 3. The summed E-state index contributed by atoms with van der Waals surface area (Å²) in [6.45, 7) is 5.94. The van der Waals surface area contributed by atoms with Gasteiger partial charge in [0.15, 0.2) is 0 Å². The highest BCUT2D eigenvalue weighted by Gasteiger charge is 2.06. The molecule has 0 saturated carbocycles. The highest BCUT2D eigenvalue weighted by Crippen LogP contribution is 1.89. The lowest BCUT2D eigenvalue weighted by Crippen LogP contribution is -2.28. The zero-order valence-corrected chi connectivity index (χ0v) is 7.76. The highest BCUT2D eigenvalue weighted by molar-refractivity contribution is 7.85. The fourth-order valence-corrected chi connectivity index (χ4v) is 1.27. The zero-order chi connectivity index (χ0) is 8.91. The van der Waals surface area contributed by atoms with Crippen molar-refractivity contribution in [3.05, 3.63) is 0 Å². The molecule has 0 aromatic heterocycles. The van der Waals surface area contributed by atoms with E-state index in [1.165, 1.54) is 0 Å². The van der Waals surface area contributed by atoms with Crippen molar-refractivity contribution in [1.82, 2.24) is 4.90 Å². The third-order valence-electron chi connectivity index (χ3n) is 1.56. The van der Waals surface area contributed by atoms with E-state index in [4.69, 9.17) is 4.55 Å².